The van der Waals surface area contributed by atoms with E-state index >= 15 is 0 Å². The molecule has 1 aromatic heterocycles. The van der Waals surface area contributed by atoms with Gasteiger partial charge in [-0.3, -0.25) is 9.48 Å². The average molecular weight is 223 g/mol. The van der Waals surface area contributed by atoms with Gasteiger partial charge < -0.3 is 0 Å². The van der Waals surface area contributed by atoms with Gasteiger partial charge in [0.05, 0.1) is 11.3 Å². The number of nitrogens with zero attached hydrogens (tertiary/aromatic N) is 2. The fraction of sp³-hybridized carbons (Fsp3) is 0.182. The Morgan fingerprint density at radius 2 is 1.80 bits per heavy atom. The van der Waals surface area contributed by atoms with E-state index in [2.05, 4.69) is 0 Å². The molecule has 1 aromatic carbocycles. The van der Waals surface area contributed by atoms with Crippen LogP contribution in [0.1, 0.15) is 5.56 Å². The predicted molar refractivity (Wildman–Crippen MR) is 60.8 cm³/mol. The summed E-state index contributed by atoms with van der Waals surface area (Å²) in [5, 5.41) is 0.476. The molecule has 78 valence electrons. The summed E-state index contributed by atoms with van der Waals surface area (Å²) in [6.45, 7) is 1.73. The van der Waals surface area contributed by atoms with Crippen LogP contribution in [0.3, 0.4) is 0 Å². The van der Waals surface area contributed by atoms with Crippen molar-refractivity contribution in [1.29, 1.82) is 0 Å². The molecule has 15 heavy (non-hydrogen) atoms. The smallest absolute Gasteiger partial charge is 0.269 e. The Labute approximate surface area is 92.5 Å². The summed E-state index contributed by atoms with van der Waals surface area (Å²) in [5.41, 5.74) is 1.32. The zero-order valence-corrected chi connectivity index (χ0v) is 9.32. The van der Waals surface area contributed by atoms with Crippen LogP contribution in [0.15, 0.2) is 35.1 Å². The molecule has 2 rings (SSSR count). The van der Waals surface area contributed by atoms with Crippen LogP contribution in [0.4, 0.5) is 0 Å². The minimum atomic E-state index is -0.0753. The largest absolute Gasteiger partial charge is 0.275 e. The molecular formula is C11H11ClN2O. The maximum absolute atomic E-state index is 11.9. The number of hydrogen-bond acceptors (Lipinski definition) is 1. The quantitative estimate of drug-likeness (QED) is 0.726. The molecule has 0 N–H and O–H groups in total. The summed E-state index contributed by atoms with van der Waals surface area (Å²) < 4.78 is 3.20. The molecule has 2 aromatic rings. The third-order valence-corrected chi connectivity index (χ3v) is 2.94. The molecule has 0 aliphatic rings. The first kappa shape index (κ1) is 10.1. The maximum atomic E-state index is 11.9. The lowest BCUT2D eigenvalue weighted by Gasteiger charge is -2.06. The van der Waals surface area contributed by atoms with Gasteiger partial charge in [0, 0.05) is 7.05 Å². The van der Waals surface area contributed by atoms with E-state index in [4.69, 9.17) is 11.6 Å². The van der Waals surface area contributed by atoms with Gasteiger partial charge in [0.25, 0.3) is 5.56 Å². The normalized spacial score (nSPS) is 10.6. The topological polar surface area (TPSA) is 26.9 Å². The summed E-state index contributed by atoms with van der Waals surface area (Å²) in [4.78, 5) is 11.9. The van der Waals surface area contributed by atoms with Crippen LogP contribution < -0.4 is 5.56 Å². The van der Waals surface area contributed by atoms with E-state index in [-0.39, 0.29) is 5.56 Å². The molecule has 0 unspecified atom stereocenters. The minimum absolute atomic E-state index is 0.0753. The van der Waals surface area contributed by atoms with Crippen LogP contribution in [0.5, 0.6) is 0 Å². The molecule has 0 aliphatic heterocycles. The van der Waals surface area contributed by atoms with Crippen LogP contribution >= 0.6 is 11.6 Å². The average Bonchev–Trinajstić information content (AvgIpc) is 2.45. The van der Waals surface area contributed by atoms with Gasteiger partial charge in [-0.05, 0) is 19.1 Å². The van der Waals surface area contributed by atoms with E-state index in [1.807, 2.05) is 30.3 Å². The molecule has 1 heterocycles. The van der Waals surface area contributed by atoms with Crippen molar-refractivity contribution in [3.8, 4) is 5.69 Å². The molecule has 0 amide bonds. The van der Waals surface area contributed by atoms with Crippen molar-refractivity contribution in [3.63, 3.8) is 0 Å². The molecule has 0 saturated carbocycles. The molecular weight excluding hydrogens is 212 g/mol. The van der Waals surface area contributed by atoms with Crippen molar-refractivity contribution in [2.75, 3.05) is 0 Å². The number of halogens is 1. The number of para-hydroxylation sites is 1. The lowest BCUT2D eigenvalue weighted by atomic mass is 10.3. The third-order valence-electron chi connectivity index (χ3n) is 2.41. The first-order chi connectivity index (χ1) is 7.13. The Balaban J connectivity index is 2.75. The molecule has 4 heteroatoms. The van der Waals surface area contributed by atoms with Gasteiger partial charge in [-0.1, -0.05) is 29.8 Å². The summed E-state index contributed by atoms with van der Waals surface area (Å²) in [6, 6.07) is 9.43. The standard InChI is InChI=1S/C11H11ClN2O/c1-8-10(12)13(2)14(11(8)15)9-6-4-3-5-7-9/h3-7H,1-2H3. The second-order valence-corrected chi connectivity index (χ2v) is 3.75. The van der Waals surface area contributed by atoms with Crippen LogP contribution in [0.2, 0.25) is 5.15 Å². The molecule has 0 fully saturated rings. The van der Waals surface area contributed by atoms with Crippen molar-refractivity contribution in [2.24, 2.45) is 7.05 Å². The monoisotopic (exact) mass is 222 g/mol. The number of hydrogen-bond donors (Lipinski definition) is 0. The van der Waals surface area contributed by atoms with E-state index in [9.17, 15) is 4.79 Å². The Morgan fingerprint density at radius 3 is 2.27 bits per heavy atom. The number of benzene rings is 1. The van der Waals surface area contributed by atoms with Gasteiger partial charge in [0.15, 0.2) is 0 Å². The summed E-state index contributed by atoms with van der Waals surface area (Å²) in [6.07, 6.45) is 0. The third kappa shape index (κ3) is 1.49. The van der Waals surface area contributed by atoms with Gasteiger partial charge in [-0.2, -0.15) is 0 Å². The Hall–Kier alpha value is -1.48. The Bertz CT molecular complexity index is 540. The fourth-order valence-corrected chi connectivity index (χ4v) is 1.73. The van der Waals surface area contributed by atoms with E-state index in [0.29, 0.717) is 10.7 Å². The van der Waals surface area contributed by atoms with Gasteiger partial charge in [0.2, 0.25) is 0 Å². The van der Waals surface area contributed by atoms with Crippen LogP contribution in [-0.2, 0) is 7.05 Å². The van der Waals surface area contributed by atoms with Crippen LogP contribution in [0, 0.1) is 6.92 Å². The molecule has 0 saturated heterocycles. The van der Waals surface area contributed by atoms with E-state index < -0.39 is 0 Å². The molecule has 3 nitrogen and oxygen atoms in total. The highest BCUT2D eigenvalue weighted by atomic mass is 35.5. The first-order valence-electron chi connectivity index (χ1n) is 4.62. The second-order valence-electron chi connectivity index (χ2n) is 3.39. The van der Waals surface area contributed by atoms with Crippen molar-refractivity contribution < 1.29 is 0 Å². The summed E-state index contributed by atoms with van der Waals surface area (Å²) in [7, 11) is 1.77. The SMILES string of the molecule is Cc1c(Cl)n(C)n(-c2ccccc2)c1=O. The van der Waals surface area contributed by atoms with Gasteiger partial charge in [-0.25, -0.2) is 4.68 Å². The van der Waals surface area contributed by atoms with Gasteiger partial charge >= 0.3 is 0 Å². The summed E-state index contributed by atoms with van der Waals surface area (Å²) >= 11 is 6.00. The van der Waals surface area contributed by atoms with Gasteiger partial charge in [0.1, 0.15) is 5.15 Å². The van der Waals surface area contributed by atoms with E-state index in [0.717, 1.165) is 5.69 Å². The number of aromatic nitrogens is 2. The summed E-state index contributed by atoms with van der Waals surface area (Å²) in [5.74, 6) is 0. The molecule has 0 spiro atoms. The van der Waals surface area contributed by atoms with Crippen LogP contribution in [-0.4, -0.2) is 9.36 Å². The van der Waals surface area contributed by atoms with E-state index in [1.165, 1.54) is 0 Å². The highest BCUT2D eigenvalue weighted by molar-refractivity contribution is 6.30. The first-order valence-corrected chi connectivity index (χ1v) is 5.00. The molecule has 0 radical (unpaired) electrons. The zero-order chi connectivity index (χ0) is 11.0. The Morgan fingerprint density at radius 1 is 1.20 bits per heavy atom. The molecule has 0 bridgehead atoms. The zero-order valence-electron chi connectivity index (χ0n) is 8.57. The van der Waals surface area contributed by atoms with Crippen molar-refractivity contribution in [3.05, 3.63) is 51.4 Å². The minimum Gasteiger partial charge on any atom is -0.269 e. The molecule has 0 atom stereocenters. The maximum Gasteiger partial charge on any atom is 0.275 e. The van der Waals surface area contributed by atoms with E-state index in [1.54, 1.807) is 23.3 Å². The van der Waals surface area contributed by atoms with Crippen LogP contribution in [0.25, 0.3) is 5.69 Å². The highest BCUT2D eigenvalue weighted by Crippen LogP contribution is 2.14. The van der Waals surface area contributed by atoms with Crippen molar-refractivity contribution in [2.45, 2.75) is 6.92 Å². The fourth-order valence-electron chi connectivity index (χ4n) is 1.57. The van der Waals surface area contributed by atoms with Crippen molar-refractivity contribution >= 4 is 11.6 Å². The number of rotatable bonds is 1. The highest BCUT2D eigenvalue weighted by Gasteiger charge is 2.12. The second kappa shape index (κ2) is 3.59. The predicted octanol–water partition coefficient (Wildman–Crippen LogP) is 2.14. The lowest BCUT2D eigenvalue weighted by molar-refractivity contribution is 0.647. The van der Waals surface area contributed by atoms with Crippen molar-refractivity contribution in [1.82, 2.24) is 9.36 Å². The lowest BCUT2D eigenvalue weighted by Crippen LogP contribution is -2.19. The molecule has 0 aliphatic carbocycles. The Kier molecular flexibility index (Phi) is 2.40. The van der Waals surface area contributed by atoms with Gasteiger partial charge in [-0.15, -0.1) is 0 Å².